The van der Waals surface area contributed by atoms with Gasteiger partial charge in [0.05, 0.1) is 30.8 Å². The summed E-state index contributed by atoms with van der Waals surface area (Å²) in [5, 5.41) is 10.6. The maximum Gasteiger partial charge on any atom is 0.338 e. The summed E-state index contributed by atoms with van der Waals surface area (Å²) in [6.45, 7) is 2.11. The summed E-state index contributed by atoms with van der Waals surface area (Å²) in [5.74, 6) is -1.82. The Morgan fingerprint density at radius 1 is 0.900 bits per heavy atom. The van der Waals surface area contributed by atoms with Crippen molar-refractivity contribution in [2.75, 3.05) is 7.11 Å². The van der Waals surface area contributed by atoms with Gasteiger partial charge in [0.1, 0.15) is 12.2 Å². The SMILES string of the molecule is CCCCC[C@@H](O)/C=C/[C@H]1[C@@H](C/C=C\CC(=O)OC)[C@H](OC(=O)c2ccccc2)C[C@@H]1OC(=O)c1ccccc1. The van der Waals surface area contributed by atoms with Crippen LogP contribution < -0.4 is 0 Å². The molecule has 2 aromatic rings. The van der Waals surface area contributed by atoms with Crippen LogP contribution in [-0.2, 0) is 19.0 Å². The van der Waals surface area contributed by atoms with Gasteiger partial charge in [-0.15, -0.1) is 0 Å². The summed E-state index contributed by atoms with van der Waals surface area (Å²) in [4.78, 5) is 37.6. The standard InChI is InChI=1S/C33H40O7/c1-3-4-7-18-26(34)21-22-28-27(19-12-13-20-31(35)38-2)29(39-32(36)24-14-8-5-9-15-24)23-30(28)40-33(37)25-16-10-6-11-17-25/h5-6,8-17,21-22,26-30,34H,3-4,7,18-20,23H2,1-2H3/b13-12-,22-21+/t26-,27-,28+,29-,30+/m1/s1. The number of carbonyl (C=O) groups is 3. The number of methoxy groups -OCH3 is 1. The third-order valence-electron chi connectivity index (χ3n) is 7.15. The van der Waals surface area contributed by atoms with Crippen LogP contribution in [0.3, 0.4) is 0 Å². The summed E-state index contributed by atoms with van der Waals surface area (Å²) >= 11 is 0. The molecule has 0 spiro atoms. The largest absolute Gasteiger partial charge is 0.469 e. The highest BCUT2D eigenvalue weighted by atomic mass is 16.6. The van der Waals surface area contributed by atoms with Gasteiger partial charge in [-0.25, -0.2) is 9.59 Å². The molecular formula is C33H40O7. The second-order valence-electron chi connectivity index (χ2n) is 10.0. The van der Waals surface area contributed by atoms with Crippen LogP contribution in [0.1, 0.15) is 72.6 Å². The Labute approximate surface area is 236 Å². The van der Waals surface area contributed by atoms with E-state index in [0.717, 1.165) is 19.3 Å². The minimum absolute atomic E-state index is 0.126. The number of ether oxygens (including phenoxy) is 3. The van der Waals surface area contributed by atoms with Gasteiger partial charge in [-0.05, 0) is 37.1 Å². The fourth-order valence-electron chi connectivity index (χ4n) is 4.95. The van der Waals surface area contributed by atoms with E-state index >= 15 is 0 Å². The number of benzene rings is 2. The Morgan fingerprint density at radius 3 is 2.08 bits per heavy atom. The van der Waals surface area contributed by atoms with Gasteiger partial charge in [0.25, 0.3) is 0 Å². The van der Waals surface area contributed by atoms with Crippen molar-refractivity contribution in [3.63, 3.8) is 0 Å². The highest BCUT2D eigenvalue weighted by Crippen LogP contribution is 2.41. The first-order valence-corrected chi connectivity index (χ1v) is 14.0. The molecule has 0 bridgehead atoms. The van der Waals surface area contributed by atoms with E-state index in [1.54, 1.807) is 60.7 Å². The normalized spacial score (nSPS) is 21.4. The number of allylic oxidation sites excluding steroid dienone is 1. The lowest BCUT2D eigenvalue weighted by atomic mass is 9.89. The second-order valence-corrected chi connectivity index (χ2v) is 10.0. The fraction of sp³-hybridized carbons (Fsp3) is 0.424. The zero-order valence-electron chi connectivity index (χ0n) is 23.3. The summed E-state index contributed by atoms with van der Waals surface area (Å²) in [6.07, 6.45) is 10.1. The summed E-state index contributed by atoms with van der Waals surface area (Å²) in [7, 11) is 1.34. The summed E-state index contributed by atoms with van der Waals surface area (Å²) < 4.78 is 16.7. The van der Waals surface area contributed by atoms with Crippen molar-refractivity contribution < 1.29 is 33.7 Å². The van der Waals surface area contributed by atoms with Gasteiger partial charge in [-0.1, -0.05) is 86.9 Å². The Kier molecular flexibility index (Phi) is 12.6. The zero-order valence-corrected chi connectivity index (χ0v) is 23.3. The van der Waals surface area contributed by atoms with Crippen molar-refractivity contribution in [3.8, 4) is 0 Å². The molecule has 1 saturated carbocycles. The van der Waals surface area contributed by atoms with Crippen molar-refractivity contribution in [2.24, 2.45) is 11.8 Å². The van der Waals surface area contributed by atoms with E-state index in [4.69, 9.17) is 14.2 Å². The van der Waals surface area contributed by atoms with E-state index in [-0.39, 0.29) is 24.2 Å². The van der Waals surface area contributed by atoms with Crippen molar-refractivity contribution in [2.45, 2.75) is 70.2 Å². The van der Waals surface area contributed by atoms with Crippen LogP contribution in [0.15, 0.2) is 85.0 Å². The Hall–Kier alpha value is -3.71. The number of hydrogen-bond donors (Lipinski definition) is 1. The van der Waals surface area contributed by atoms with Crippen molar-refractivity contribution in [1.82, 2.24) is 0 Å². The highest BCUT2D eigenvalue weighted by Gasteiger charge is 2.45. The maximum atomic E-state index is 13.0. The highest BCUT2D eigenvalue weighted by molar-refractivity contribution is 5.90. The topological polar surface area (TPSA) is 99.1 Å². The van der Waals surface area contributed by atoms with Crippen molar-refractivity contribution >= 4 is 17.9 Å². The molecule has 3 rings (SSSR count). The van der Waals surface area contributed by atoms with Gasteiger partial charge in [-0.2, -0.15) is 0 Å². The van der Waals surface area contributed by atoms with Gasteiger partial charge in [0.2, 0.25) is 0 Å². The molecule has 7 heteroatoms. The second kappa shape index (κ2) is 16.4. The number of hydrogen-bond acceptors (Lipinski definition) is 7. The monoisotopic (exact) mass is 548 g/mol. The molecule has 1 aliphatic rings. The lowest BCUT2D eigenvalue weighted by Crippen LogP contribution is -2.26. The van der Waals surface area contributed by atoms with E-state index in [0.29, 0.717) is 30.4 Å². The number of rotatable bonds is 14. The molecule has 0 aromatic heterocycles. The van der Waals surface area contributed by atoms with E-state index in [1.165, 1.54) is 7.11 Å². The third-order valence-corrected chi connectivity index (χ3v) is 7.15. The fourth-order valence-corrected chi connectivity index (χ4v) is 4.95. The lowest BCUT2D eigenvalue weighted by Gasteiger charge is -2.23. The van der Waals surface area contributed by atoms with Gasteiger partial charge in [-0.3, -0.25) is 4.79 Å². The Balaban J connectivity index is 1.86. The molecule has 0 aliphatic heterocycles. The molecule has 0 unspecified atom stereocenters. The lowest BCUT2D eigenvalue weighted by molar-refractivity contribution is -0.139. The zero-order chi connectivity index (χ0) is 28.7. The van der Waals surface area contributed by atoms with Crippen molar-refractivity contribution in [3.05, 3.63) is 96.1 Å². The Bertz CT molecular complexity index is 1130. The quantitative estimate of drug-likeness (QED) is 0.132. The molecule has 0 heterocycles. The molecule has 1 N–H and O–H groups in total. The van der Waals surface area contributed by atoms with Crippen LogP contribution in [0.25, 0.3) is 0 Å². The van der Waals surface area contributed by atoms with Crippen LogP contribution in [0.4, 0.5) is 0 Å². The summed E-state index contributed by atoms with van der Waals surface area (Å²) in [5.41, 5.74) is 0.870. The van der Waals surface area contributed by atoms with Crippen LogP contribution in [0.2, 0.25) is 0 Å². The minimum atomic E-state index is -0.626. The van der Waals surface area contributed by atoms with Crippen LogP contribution in [-0.4, -0.2) is 48.4 Å². The third kappa shape index (κ3) is 9.49. The average Bonchev–Trinajstić information content (AvgIpc) is 3.29. The van der Waals surface area contributed by atoms with E-state index in [1.807, 2.05) is 24.3 Å². The number of carbonyl (C=O) groups excluding carboxylic acids is 3. The molecule has 0 amide bonds. The molecular weight excluding hydrogens is 508 g/mol. The predicted octanol–water partition coefficient (Wildman–Crippen LogP) is 6.08. The van der Waals surface area contributed by atoms with Crippen LogP contribution >= 0.6 is 0 Å². The Morgan fingerprint density at radius 2 is 1.50 bits per heavy atom. The van der Waals surface area contributed by atoms with Gasteiger partial charge in [0, 0.05) is 18.3 Å². The van der Waals surface area contributed by atoms with Gasteiger partial charge >= 0.3 is 17.9 Å². The first kappa shape index (κ1) is 30.8. The number of aliphatic hydroxyl groups excluding tert-OH is 1. The first-order valence-electron chi connectivity index (χ1n) is 14.0. The predicted molar refractivity (Wildman–Crippen MR) is 153 cm³/mol. The number of esters is 3. The van der Waals surface area contributed by atoms with E-state index < -0.39 is 30.3 Å². The molecule has 1 aliphatic carbocycles. The number of aliphatic hydroxyl groups is 1. The molecule has 2 aromatic carbocycles. The van der Waals surface area contributed by atoms with E-state index in [9.17, 15) is 19.5 Å². The average molecular weight is 549 g/mol. The molecule has 40 heavy (non-hydrogen) atoms. The van der Waals surface area contributed by atoms with Gasteiger partial charge < -0.3 is 19.3 Å². The molecule has 0 saturated heterocycles. The van der Waals surface area contributed by atoms with Crippen LogP contribution in [0, 0.1) is 11.8 Å². The first-order chi connectivity index (χ1) is 19.4. The smallest absolute Gasteiger partial charge is 0.338 e. The van der Waals surface area contributed by atoms with E-state index in [2.05, 4.69) is 6.92 Å². The minimum Gasteiger partial charge on any atom is -0.469 e. The summed E-state index contributed by atoms with van der Waals surface area (Å²) in [6, 6.07) is 17.5. The molecule has 214 valence electrons. The van der Waals surface area contributed by atoms with Gasteiger partial charge in [0.15, 0.2) is 0 Å². The molecule has 7 nitrogen and oxygen atoms in total. The maximum absolute atomic E-state index is 13.0. The van der Waals surface area contributed by atoms with Crippen LogP contribution in [0.5, 0.6) is 0 Å². The van der Waals surface area contributed by atoms with Crippen molar-refractivity contribution in [1.29, 1.82) is 0 Å². The molecule has 1 fully saturated rings. The molecule has 5 atom stereocenters. The number of unbranched alkanes of at least 4 members (excludes halogenated alkanes) is 2. The molecule has 0 radical (unpaired) electrons.